The largest absolute Gasteiger partial charge is 0.365 e. The van der Waals surface area contributed by atoms with Gasteiger partial charge in [0.05, 0.1) is 9.77 Å². The van der Waals surface area contributed by atoms with Gasteiger partial charge in [-0.25, -0.2) is 8.42 Å². The lowest BCUT2D eigenvalue weighted by Crippen LogP contribution is -2.08. The first kappa shape index (κ1) is 12.8. The predicted molar refractivity (Wildman–Crippen MR) is 69.5 cm³/mol. The molecule has 94 valence electrons. The number of benzene rings is 1. The molecule has 0 aliphatic heterocycles. The Hall–Kier alpha value is -1.66. The summed E-state index contributed by atoms with van der Waals surface area (Å²) in [6.45, 7) is 1.88. The van der Waals surface area contributed by atoms with E-state index in [0.29, 0.717) is 0 Å². The van der Waals surface area contributed by atoms with Crippen molar-refractivity contribution < 1.29 is 13.2 Å². The molecule has 0 aliphatic rings. The molecule has 1 amide bonds. The van der Waals surface area contributed by atoms with Crippen LogP contribution in [0.25, 0.3) is 0 Å². The minimum Gasteiger partial charge on any atom is -0.365 e. The highest BCUT2D eigenvalue weighted by Gasteiger charge is 2.20. The van der Waals surface area contributed by atoms with E-state index in [1.807, 2.05) is 6.92 Å². The van der Waals surface area contributed by atoms with Gasteiger partial charge >= 0.3 is 0 Å². The SMILES string of the molecule is Cc1ccc(S(=O)(=O)c2ccc(C(N)=O)s2)cc1. The minimum atomic E-state index is -3.56. The summed E-state index contributed by atoms with van der Waals surface area (Å²) in [5.74, 6) is -0.620. The Morgan fingerprint density at radius 3 is 2.22 bits per heavy atom. The van der Waals surface area contributed by atoms with Crippen LogP contribution in [0.3, 0.4) is 0 Å². The van der Waals surface area contributed by atoms with Crippen LogP contribution in [0.15, 0.2) is 45.5 Å². The molecule has 18 heavy (non-hydrogen) atoms. The molecule has 1 aromatic carbocycles. The first-order valence-corrected chi connectivity index (χ1v) is 7.42. The van der Waals surface area contributed by atoms with E-state index in [1.54, 1.807) is 24.3 Å². The zero-order valence-corrected chi connectivity index (χ0v) is 11.2. The minimum absolute atomic E-state index is 0.125. The summed E-state index contributed by atoms with van der Waals surface area (Å²) in [5.41, 5.74) is 6.09. The molecule has 2 rings (SSSR count). The van der Waals surface area contributed by atoms with Crippen molar-refractivity contribution in [2.75, 3.05) is 0 Å². The molecule has 0 atom stereocenters. The third-order valence-electron chi connectivity index (χ3n) is 2.42. The molecule has 0 fully saturated rings. The van der Waals surface area contributed by atoms with Crippen LogP contribution in [0.2, 0.25) is 0 Å². The van der Waals surface area contributed by atoms with Gasteiger partial charge in [0.2, 0.25) is 9.84 Å². The zero-order valence-electron chi connectivity index (χ0n) is 9.58. The molecular weight excluding hydrogens is 270 g/mol. The van der Waals surface area contributed by atoms with Gasteiger partial charge in [0, 0.05) is 0 Å². The topological polar surface area (TPSA) is 77.2 Å². The lowest BCUT2D eigenvalue weighted by molar-refractivity contribution is 0.100. The molecule has 1 heterocycles. The van der Waals surface area contributed by atoms with E-state index < -0.39 is 15.7 Å². The third kappa shape index (κ3) is 2.30. The number of thiophene rings is 1. The highest BCUT2D eigenvalue weighted by Crippen LogP contribution is 2.27. The van der Waals surface area contributed by atoms with E-state index in [-0.39, 0.29) is 14.0 Å². The number of hydrogen-bond acceptors (Lipinski definition) is 4. The van der Waals surface area contributed by atoms with Crippen molar-refractivity contribution in [3.8, 4) is 0 Å². The van der Waals surface area contributed by atoms with Crippen molar-refractivity contribution in [1.82, 2.24) is 0 Å². The monoisotopic (exact) mass is 281 g/mol. The molecule has 0 saturated heterocycles. The number of carbonyl (C=O) groups excluding carboxylic acids is 1. The number of amides is 1. The van der Waals surface area contributed by atoms with Gasteiger partial charge in [0.25, 0.3) is 5.91 Å². The van der Waals surface area contributed by atoms with Gasteiger partial charge < -0.3 is 5.73 Å². The van der Waals surface area contributed by atoms with Crippen molar-refractivity contribution in [2.24, 2.45) is 5.73 Å². The van der Waals surface area contributed by atoms with Crippen molar-refractivity contribution in [1.29, 1.82) is 0 Å². The van der Waals surface area contributed by atoms with Crippen molar-refractivity contribution in [3.63, 3.8) is 0 Å². The summed E-state index contributed by atoms with van der Waals surface area (Å²) in [6.07, 6.45) is 0. The van der Waals surface area contributed by atoms with Gasteiger partial charge in [0.1, 0.15) is 4.21 Å². The second-order valence-corrected chi connectivity index (χ2v) is 7.06. The molecular formula is C12H11NO3S2. The van der Waals surface area contributed by atoms with E-state index in [0.717, 1.165) is 16.9 Å². The average molecular weight is 281 g/mol. The summed E-state index contributed by atoms with van der Waals surface area (Å²) in [7, 11) is -3.56. The Morgan fingerprint density at radius 1 is 1.11 bits per heavy atom. The van der Waals surface area contributed by atoms with Gasteiger partial charge in [-0.3, -0.25) is 4.79 Å². The molecule has 2 N–H and O–H groups in total. The lowest BCUT2D eigenvalue weighted by atomic mass is 10.2. The van der Waals surface area contributed by atoms with Gasteiger partial charge in [-0.05, 0) is 31.2 Å². The van der Waals surface area contributed by atoms with Crippen molar-refractivity contribution in [3.05, 3.63) is 46.8 Å². The highest BCUT2D eigenvalue weighted by atomic mass is 32.2. The molecule has 1 aromatic heterocycles. The predicted octanol–water partition coefficient (Wildman–Crippen LogP) is 1.99. The molecule has 0 bridgehead atoms. The quantitative estimate of drug-likeness (QED) is 0.934. The Balaban J connectivity index is 2.47. The third-order valence-corrected chi connectivity index (χ3v) is 5.78. The summed E-state index contributed by atoms with van der Waals surface area (Å²) in [4.78, 5) is 11.4. The van der Waals surface area contributed by atoms with Crippen LogP contribution in [0, 0.1) is 6.92 Å². The first-order valence-electron chi connectivity index (χ1n) is 5.12. The van der Waals surface area contributed by atoms with E-state index in [4.69, 9.17) is 5.73 Å². The Bertz CT molecular complexity index is 684. The number of nitrogens with two attached hydrogens (primary N) is 1. The fraction of sp³-hybridized carbons (Fsp3) is 0.0833. The number of aryl methyl sites for hydroxylation is 1. The molecule has 0 saturated carbocycles. The Kier molecular flexibility index (Phi) is 3.23. The number of carbonyl (C=O) groups is 1. The van der Waals surface area contributed by atoms with Crippen LogP contribution in [0.4, 0.5) is 0 Å². The second kappa shape index (κ2) is 4.55. The maximum atomic E-state index is 12.2. The van der Waals surface area contributed by atoms with E-state index >= 15 is 0 Å². The normalized spacial score (nSPS) is 11.4. The van der Waals surface area contributed by atoms with Crippen molar-refractivity contribution >= 4 is 27.1 Å². The van der Waals surface area contributed by atoms with Crippen molar-refractivity contribution in [2.45, 2.75) is 16.0 Å². The van der Waals surface area contributed by atoms with Gasteiger partial charge in [-0.1, -0.05) is 17.7 Å². The number of hydrogen-bond donors (Lipinski definition) is 1. The maximum Gasteiger partial charge on any atom is 0.258 e. The summed E-state index contributed by atoms with van der Waals surface area (Å²) < 4.78 is 24.6. The average Bonchev–Trinajstić information content (AvgIpc) is 2.79. The molecule has 2 aromatic rings. The number of sulfone groups is 1. The van der Waals surface area contributed by atoms with Crippen LogP contribution in [-0.2, 0) is 9.84 Å². The second-order valence-electron chi connectivity index (χ2n) is 3.80. The standard InChI is InChI=1S/C12H11NO3S2/c1-8-2-4-9(5-3-8)18(15,16)11-7-6-10(17-11)12(13)14/h2-7H,1H3,(H2,13,14). The van der Waals surface area contributed by atoms with Gasteiger partial charge in [0.15, 0.2) is 0 Å². The molecule has 0 unspecified atom stereocenters. The van der Waals surface area contributed by atoms with E-state index in [2.05, 4.69) is 0 Å². The molecule has 4 nitrogen and oxygen atoms in total. The van der Waals surface area contributed by atoms with Crippen LogP contribution < -0.4 is 5.73 Å². The highest BCUT2D eigenvalue weighted by molar-refractivity contribution is 7.93. The number of rotatable bonds is 3. The van der Waals surface area contributed by atoms with Crippen LogP contribution >= 0.6 is 11.3 Å². The number of primary amides is 1. The Labute approximate surface area is 109 Å². The van der Waals surface area contributed by atoms with Crippen LogP contribution in [-0.4, -0.2) is 14.3 Å². The van der Waals surface area contributed by atoms with Crippen LogP contribution in [0.1, 0.15) is 15.2 Å². The molecule has 0 aliphatic carbocycles. The summed E-state index contributed by atoms with van der Waals surface area (Å²) >= 11 is 0.884. The lowest BCUT2D eigenvalue weighted by Gasteiger charge is -2.01. The van der Waals surface area contributed by atoms with Crippen LogP contribution in [0.5, 0.6) is 0 Å². The van der Waals surface area contributed by atoms with E-state index in [1.165, 1.54) is 12.1 Å². The van der Waals surface area contributed by atoms with E-state index in [9.17, 15) is 13.2 Å². The molecule has 0 radical (unpaired) electrons. The molecule has 6 heteroatoms. The fourth-order valence-electron chi connectivity index (χ4n) is 1.43. The maximum absolute atomic E-state index is 12.2. The smallest absolute Gasteiger partial charge is 0.258 e. The zero-order chi connectivity index (χ0) is 13.3. The first-order chi connectivity index (χ1) is 8.41. The molecule has 0 spiro atoms. The summed E-state index contributed by atoms with van der Waals surface area (Å²) in [5, 5.41) is 0. The fourth-order valence-corrected chi connectivity index (χ4v) is 3.99. The van der Waals surface area contributed by atoms with Gasteiger partial charge in [-0.15, -0.1) is 11.3 Å². The summed E-state index contributed by atoms with van der Waals surface area (Å²) in [6, 6.07) is 9.39. The Morgan fingerprint density at radius 2 is 1.72 bits per heavy atom. The van der Waals surface area contributed by atoms with Gasteiger partial charge in [-0.2, -0.15) is 0 Å².